The third-order valence-corrected chi connectivity index (χ3v) is 2.44. The van der Waals surface area contributed by atoms with Crippen LogP contribution in [0.2, 0.25) is 0 Å². The van der Waals surface area contributed by atoms with Crippen molar-refractivity contribution in [1.82, 2.24) is 9.80 Å². The molecule has 0 atom stereocenters. The fourth-order valence-electron chi connectivity index (χ4n) is 1.52. The highest BCUT2D eigenvalue weighted by atomic mass is 19.1. The van der Waals surface area contributed by atoms with Crippen molar-refractivity contribution in [1.29, 1.82) is 0 Å². The topological polar surface area (TPSA) is 74.8 Å². The Labute approximate surface area is 95.0 Å². The minimum absolute atomic E-state index is 0.211. The molecule has 0 N–H and O–H groups in total. The molecule has 4 amide bonds. The number of carbonyl (C=O) groups is 4. The fraction of sp³-hybridized carbons (Fsp3) is 0.200. The van der Waals surface area contributed by atoms with Crippen molar-refractivity contribution < 1.29 is 23.6 Å². The number of carbonyl (C=O) groups excluding carboxylic acids is 4. The zero-order valence-corrected chi connectivity index (χ0v) is 8.77. The van der Waals surface area contributed by atoms with Gasteiger partial charge in [0, 0.05) is 17.7 Å². The minimum Gasteiger partial charge on any atom is -0.269 e. The fourth-order valence-corrected chi connectivity index (χ4v) is 1.52. The predicted octanol–water partition coefficient (Wildman–Crippen LogP) is -0.519. The first-order valence-corrected chi connectivity index (χ1v) is 4.69. The monoisotopic (exact) mass is 238 g/mol. The normalized spacial score (nSPS) is 20.4. The molecule has 2 aliphatic heterocycles. The second-order valence-corrected chi connectivity index (χ2v) is 3.60. The number of halogens is 1. The van der Waals surface area contributed by atoms with Crippen LogP contribution in [0.25, 0.3) is 0 Å². The van der Waals surface area contributed by atoms with Crippen LogP contribution in [0.3, 0.4) is 0 Å². The van der Waals surface area contributed by atoms with Gasteiger partial charge in [0.15, 0.2) is 5.83 Å². The molecular formula is C10H7FN2O4. The van der Waals surface area contributed by atoms with Crippen LogP contribution < -0.4 is 0 Å². The summed E-state index contributed by atoms with van der Waals surface area (Å²) >= 11 is 0. The summed E-state index contributed by atoms with van der Waals surface area (Å²) in [4.78, 5) is 46.4. The smallest absolute Gasteiger partial charge is 0.269 e. The molecule has 0 saturated carbocycles. The Bertz CT molecular complexity index is 474. The van der Waals surface area contributed by atoms with Crippen LogP contribution in [0.15, 0.2) is 23.6 Å². The van der Waals surface area contributed by atoms with E-state index in [2.05, 4.69) is 0 Å². The van der Waals surface area contributed by atoms with E-state index >= 15 is 0 Å². The molecule has 0 aromatic rings. The van der Waals surface area contributed by atoms with Crippen LogP contribution in [0, 0.1) is 0 Å². The van der Waals surface area contributed by atoms with E-state index in [9.17, 15) is 23.6 Å². The lowest BCUT2D eigenvalue weighted by Gasteiger charge is -2.20. The quantitative estimate of drug-likeness (QED) is 0.607. The average molecular weight is 238 g/mol. The summed E-state index contributed by atoms with van der Waals surface area (Å²) in [5, 5.41) is 0. The maximum absolute atomic E-state index is 12.8. The second-order valence-electron chi connectivity index (χ2n) is 3.60. The van der Waals surface area contributed by atoms with Crippen LogP contribution in [0.5, 0.6) is 0 Å². The molecule has 0 aromatic heterocycles. The first-order chi connectivity index (χ1) is 7.91. The van der Waals surface area contributed by atoms with E-state index in [-0.39, 0.29) is 5.57 Å². The highest BCUT2D eigenvalue weighted by molar-refractivity contribution is 6.18. The zero-order chi connectivity index (χ0) is 12.7. The van der Waals surface area contributed by atoms with Crippen molar-refractivity contribution in [2.75, 3.05) is 6.67 Å². The summed E-state index contributed by atoms with van der Waals surface area (Å²) in [6, 6.07) is 0. The van der Waals surface area contributed by atoms with Gasteiger partial charge in [-0.3, -0.25) is 29.0 Å². The highest BCUT2D eigenvalue weighted by Gasteiger charge is 2.37. The largest absolute Gasteiger partial charge is 0.291 e. The standard InChI is InChI=1S/C10H7FN2O4/c1-5-2-7(14)12(9(5)16)4-13-8(15)3-6(11)10(13)17/h2-3H,4H2,1H3. The van der Waals surface area contributed by atoms with Gasteiger partial charge in [-0.25, -0.2) is 4.39 Å². The lowest BCUT2D eigenvalue weighted by Crippen LogP contribution is -2.44. The molecular weight excluding hydrogens is 231 g/mol. The van der Waals surface area contributed by atoms with Crippen molar-refractivity contribution in [2.24, 2.45) is 0 Å². The average Bonchev–Trinajstić information content (AvgIpc) is 2.62. The van der Waals surface area contributed by atoms with Gasteiger partial charge >= 0.3 is 0 Å². The number of amides is 4. The Kier molecular flexibility index (Phi) is 2.38. The predicted molar refractivity (Wildman–Crippen MR) is 51.5 cm³/mol. The molecule has 2 aliphatic rings. The summed E-state index contributed by atoms with van der Waals surface area (Å²) in [6.45, 7) is 0.875. The third kappa shape index (κ3) is 1.65. The van der Waals surface area contributed by atoms with E-state index in [4.69, 9.17) is 0 Å². The molecule has 0 radical (unpaired) electrons. The summed E-state index contributed by atoms with van der Waals surface area (Å²) < 4.78 is 12.8. The molecule has 6 nitrogen and oxygen atoms in total. The van der Waals surface area contributed by atoms with Crippen molar-refractivity contribution in [3.05, 3.63) is 23.6 Å². The van der Waals surface area contributed by atoms with Crippen LogP contribution >= 0.6 is 0 Å². The van der Waals surface area contributed by atoms with Gasteiger partial charge in [-0.05, 0) is 6.92 Å². The zero-order valence-electron chi connectivity index (χ0n) is 8.77. The van der Waals surface area contributed by atoms with Crippen molar-refractivity contribution in [2.45, 2.75) is 6.92 Å². The van der Waals surface area contributed by atoms with E-state index in [1.54, 1.807) is 0 Å². The van der Waals surface area contributed by atoms with Crippen molar-refractivity contribution in [3.63, 3.8) is 0 Å². The summed E-state index contributed by atoms with van der Waals surface area (Å²) in [5.41, 5.74) is 0.211. The molecule has 0 saturated heterocycles. The molecule has 88 valence electrons. The van der Waals surface area contributed by atoms with Crippen LogP contribution in [-0.2, 0) is 19.2 Å². The Balaban J connectivity index is 2.15. The second kappa shape index (κ2) is 3.62. The molecule has 17 heavy (non-hydrogen) atoms. The molecule has 7 heteroatoms. The van der Waals surface area contributed by atoms with Crippen molar-refractivity contribution >= 4 is 23.6 Å². The maximum atomic E-state index is 12.8. The van der Waals surface area contributed by atoms with Crippen LogP contribution in [-0.4, -0.2) is 40.1 Å². The van der Waals surface area contributed by atoms with E-state index in [1.807, 2.05) is 0 Å². The molecule has 2 rings (SSSR count). The Morgan fingerprint density at radius 1 is 1.00 bits per heavy atom. The molecule has 2 heterocycles. The maximum Gasteiger partial charge on any atom is 0.291 e. The summed E-state index contributed by atoms with van der Waals surface area (Å²) in [5.74, 6) is -4.43. The molecule has 0 fully saturated rings. The highest BCUT2D eigenvalue weighted by Crippen LogP contribution is 2.17. The summed E-state index contributed by atoms with van der Waals surface area (Å²) in [6.07, 6.45) is 1.62. The van der Waals surface area contributed by atoms with E-state index in [0.717, 1.165) is 6.08 Å². The Morgan fingerprint density at radius 3 is 1.94 bits per heavy atom. The van der Waals surface area contributed by atoms with Gasteiger partial charge < -0.3 is 0 Å². The van der Waals surface area contributed by atoms with Crippen molar-refractivity contribution in [3.8, 4) is 0 Å². The van der Waals surface area contributed by atoms with Gasteiger partial charge in [-0.15, -0.1) is 0 Å². The van der Waals surface area contributed by atoms with Gasteiger partial charge in [0.25, 0.3) is 23.6 Å². The minimum atomic E-state index is -1.20. The van der Waals surface area contributed by atoms with Gasteiger partial charge in [0.05, 0.1) is 0 Å². The number of hydrogen-bond donors (Lipinski definition) is 0. The molecule has 0 aromatic carbocycles. The Morgan fingerprint density at radius 2 is 1.53 bits per heavy atom. The van der Waals surface area contributed by atoms with Gasteiger partial charge in [0.2, 0.25) is 0 Å². The van der Waals surface area contributed by atoms with E-state index < -0.39 is 36.1 Å². The number of hydrogen-bond acceptors (Lipinski definition) is 4. The number of imide groups is 2. The lowest BCUT2D eigenvalue weighted by atomic mass is 10.3. The molecule has 0 unspecified atom stereocenters. The lowest BCUT2D eigenvalue weighted by molar-refractivity contribution is -0.146. The number of rotatable bonds is 2. The Hall–Kier alpha value is -2.31. The molecule has 0 aliphatic carbocycles. The first kappa shape index (κ1) is 11.2. The van der Waals surface area contributed by atoms with Gasteiger partial charge in [-0.1, -0.05) is 0 Å². The van der Waals surface area contributed by atoms with Crippen LogP contribution in [0.4, 0.5) is 4.39 Å². The third-order valence-electron chi connectivity index (χ3n) is 2.44. The van der Waals surface area contributed by atoms with E-state index in [1.165, 1.54) is 6.92 Å². The van der Waals surface area contributed by atoms with Gasteiger partial charge in [0.1, 0.15) is 6.67 Å². The number of nitrogens with zero attached hydrogens (tertiary/aromatic N) is 2. The summed E-state index contributed by atoms with van der Waals surface area (Å²) in [7, 11) is 0. The first-order valence-electron chi connectivity index (χ1n) is 4.69. The van der Waals surface area contributed by atoms with E-state index in [0.29, 0.717) is 15.9 Å². The molecule has 0 spiro atoms. The van der Waals surface area contributed by atoms with Crippen LogP contribution in [0.1, 0.15) is 6.92 Å². The van der Waals surface area contributed by atoms with Gasteiger partial charge in [-0.2, -0.15) is 0 Å². The SMILES string of the molecule is CC1=CC(=O)N(CN2C(=O)C=C(F)C2=O)C1=O. The molecule has 0 bridgehead atoms.